The SMILES string of the molecule is C.CCCC.CCCC.O.c1ccccc1. The van der Waals surface area contributed by atoms with Gasteiger partial charge in [0.2, 0.25) is 0 Å². The minimum absolute atomic E-state index is 0. The van der Waals surface area contributed by atoms with Crippen LogP contribution in [0.5, 0.6) is 0 Å². The molecule has 1 heteroatoms. The molecule has 0 radical (unpaired) electrons. The molecule has 0 unspecified atom stereocenters. The lowest BCUT2D eigenvalue weighted by molar-refractivity contribution is 0.824. The average molecular weight is 228 g/mol. The molecule has 1 nitrogen and oxygen atoms in total. The van der Waals surface area contributed by atoms with E-state index in [9.17, 15) is 0 Å². The normalized spacial score (nSPS) is 6.75. The summed E-state index contributed by atoms with van der Waals surface area (Å²) in [5.41, 5.74) is 0. The summed E-state index contributed by atoms with van der Waals surface area (Å²) in [6, 6.07) is 12.0. The zero-order valence-corrected chi connectivity index (χ0v) is 10.8. The van der Waals surface area contributed by atoms with Gasteiger partial charge in [0.1, 0.15) is 0 Å². The van der Waals surface area contributed by atoms with Crippen LogP contribution in [-0.2, 0) is 0 Å². The van der Waals surface area contributed by atoms with Crippen LogP contribution in [0, 0.1) is 0 Å². The lowest BCUT2D eigenvalue weighted by Gasteiger charge is -1.69. The zero-order valence-electron chi connectivity index (χ0n) is 10.8. The Kier molecular flexibility index (Phi) is 44.6. The Balaban J connectivity index is -0.0000000660. The highest BCUT2D eigenvalue weighted by molar-refractivity contribution is 4.99. The highest BCUT2D eigenvalue weighted by Crippen LogP contribution is 1.80. The molecule has 0 aliphatic carbocycles. The summed E-state index contributed by atoms with van der Waals surface area (Å²) in [5.74, 6) is 0. The molecular formula is C15H32O. The summed E-state index contributed by atoms with van der Waals surface area (Å²) in [7, 11) is 0. The summed E-state index contributed by atoms with van der Waals surface area (Å²) in [6.07, 6.45) is 5.28. The molecule has 0 amide bonds. The van der Waals surface area contributed by atoms with Crippen molar-refractivity contribution in [3.63, 3.8) is 0 Å². The summed E-state index contributed by atoms with van der Waals surface area (Å²) < 4.78 is 0. The molecule has 2 N–H and O–H groups in total. The monoisotopic (exact) mass is 228 g/mol. The van der Waals surface area contributed by atoms with Crippen LogP contribution in [0.25, 0.3) is 0 Å². The van der Waals surface area contributed by atoms with Crippen molar-refractivity contribution in [1.82, 2.24) is 0 Å². The number of rotatable bonds is 2. The molecule has 1 aromatic carbocycles. The minimum atomic E-state index is 0. The van der Waals surface area contributed by atoms with E-state index in [4.69, 9.17) is 0 Å². The molecule has 0 spiro atoms. The molecule has 1 rings (SSSR count). The first-order chi connectivity index (χ1) is 6.83. The smallest absolute Gasteiger partial charge is 0.0564 e. The summed E-state index contributed by atoms with van der Waals surface area (Å²) in [6.45, 7) is 8.72. The van der Waals surface area contributed by atoms with Crippen molar-refractivity contribution in [2.24, 2.45) is 0 Å². The fourth-order valence-electron chi connectivity index (χ4n) is 0.385. The number of hydrogen-bond donors (Lipinski definition) is 0. The van der Waals surface area contributed by atoms with Crippen molar-refractivity contribution in [3.8, 4) is 0 Å². The van der Waals surface area contributed by atoms with Crippen LogP contribution in [0.3, 0.4) is 0 Å². The molecule has 1 aromatic rings. The molecule has 0 aliphatic rings. The molecule has 0 heterocycles. The van der Waals surface area contributed by atoms with Crippen molar-refractivity contribution in [1.29, 1.82) is 0 Å². The third-order valence-electron chi connectivity index (χ3n) is 1.67. The lowest BCUT2D eigenvalue weighted by atomic mass is 10.4. The van der Waals surface area contributed by atoms with Crippen LogP contribution >= 0.6 is 0 Å². The molecule has 0 saturated carbocycles. The van der Waals surface area contributed by atoms with Gasteiger partial charge in [-0.05, 0) is 0 Å². The topological polar surface area (TPSA) is 31.5 Å². The van der Waals surface area contributed by atoms with Crippen LogP contribution in [0.2, 0.25) is 0 Å². The molecule has 0 saturated heterocycles. The van der Waals surface area contributed by atoms with Gasteiger partial charge in [-0.3, -0.25) is 0 Å². The lowest BCUT2D eigenvalue weighted by Crippen LogP contribution is -1.47. The maximum absolute atomic E-state index is 2.18. The molecule has 0 atom stereocenters. The van der Waals surface area contributed by atoms with Gasteiger partial charge in [0.15, 0.2) is 0 Å². The van der Waals surface area contributed by atoms with Gasteiger partial charge in [0, 0.05) is 0 Å². The molecule has 98 valence electrons. The van der Waals surface area contributed by atoms with Gasteiger partial charge in [-0.1, -0.05) is 97.2 Å². The van der Waals surface area contributed by atoms with E-state index in [0.29, 0.717) is 0 Å². The quantitative estimate of drug-likeness (QED) is 0.673. The minimum Gasteiger partial charge on any atom is -0.412 e. The first-order valence-corrected chi connectivity index (χ1v) is 5.83. The summed E-state index contributed by atoms with van der Waals surface area (Å²) >= 11 is 0. The van der Waals surface area contributed by atoms with Crippen molar-refractivity contribution >= 4 is 0 Å². The second kappa shape index (κ2) is 29.2. The standard InChI is InChI=1S/C6H6.2C4H10.CH4.H2O/c1-2-4-6-5-3-1;2*1-3-4-2;;/h1-6H;2*3-4H2,1-2H3;1H4;1H2. The molecule has 0 aliphatic heterocycles. The van der Waals surface area contributed by atoms with E-state index < -0.39 is 0 Å². The van der Waals surface area contributed by atoms with Gasteiger partial charge in [0.25, 0.3) is 0 Å². The molecule has 0 bridgehead atoms. The number of benzene rings is 1. The van der Waals surface area contributed by atoms with E-state index in [0.717, 1.165) is 0 Å². The van der Waals surface area contributed by atoms with Crippen molar-refractivity contribution in [3.05, 3.63) is 36.4 Å². The van der Waals surface area contributed by atoms with Gasteiger partial charge in [-0.25, -0.2) is 0 Å². The van der Waals surface area contributed by atoms with Crippen LogP contribution < -0.4 is 0 Å². The van der Waals surface area contributed by atoms with Gasteiger partial charge in [0.05, 0.1) is 0 Å². The second-order valence-corrected chi connectivity index (χ2v) is 3.15. The molecule has 0 fully saturated rings. The van der Waals surface area contributed by atoms with E-state index in [2.05, 4.69) is 27.7 Å². The van der Waals surface area contributed by atoms with E-state index in [1.807, 2.05) is 36.4 Å². The van der Waals surface area contributed by atoms with Crippen LogP contribution in [0.4, 0.5) is 0 Å². The summed E-state index contributed by atoms with van der Waals surface area (Å²) in [5, 5.41) is 0. The fourth-order valence-corrected chi connectivity index (χ4v) is 0.385. The zero-order chi connectivity index (χ0) is 11.1. The fraction of sp³-hybridized carbons (Fsp3) is 0.600. The van der Waals surface area contributed by atoms with Crippen molar-refractivity contribution in [2.45, 2.75) is 60.8 Å². The van der Waals surface area contributed by atoms with Crippen molar-refractivity contribution < 1.29 is 5.48 Å². The highest BCUT2D eigenvalue weighted by atomic mass is 16.0. The maximum atomic E-state index is 2.18. The Labute approximate surface area is 103 Å². The second-order valence-electron chi connectivity index (χ2n) is 3.15. The van der Waals surface area contributed by atoms with Crippen molar-refractivity contribution in [2.75, 3.05) is 0 Å². The third kappa shape index (κ3) is 37.9. The average Bonchev–Trinajstić information content (AvgIpc) is 2.32. The third-order valence-corrected chi connectivity index (χ3v) is 1.67. The van der Waals surface area contributed by atoms with Gasteiger partial charge >= 0.3 is 0 Å². The Hall–Kier alpha value is -0.820. The first-order valence-electron chi connectivity index (χ1n) is 5.83. The predicted octanol–water partition coefficient (Wildman–Crippen LogP) is 5.11. The maximum Gasteiger partial charge on any atom is -0.0564 e. The Morgan fingerprint density at radius 3 is 0.688 bits per heavy atom. The van der Waals surface area contributed by atoms with Crippen LogP contribution in [-0.4, -0.2) is 5.48 Å². The van der Waals surface area contributed by atoms with E-state index in [-0.39, 0.29) is 12.9 Å². The van der Waals surface area contributed by atoms with Crippen LogP contribution in [0.15, 0.2) is 36.4 Å². The van der Waals surface area contributed by atoms with Gasteiger partial charge < -0.3 is 5.48 Å². The van der Waals surface area contributed by atoms with E-state index in [1.54, 1.807) is 0 Å². The van der Waals surface area contributed by atoms with E-state index in [1.165, 1.54) is 25.7 Å². The van der Waals surface area contributed by atoms with E-state index >= 15 is 0 Å². The largest absolute Gasteiger partial charge is 0.412 e. The van der Waals surface area contributed by atoms with Gasteiger partial charge in [-0.15, -0.1) is 0 Å². The predicted molar refractivity (Wildman–Crippen MR) is 78.0 cm³/mol. The molecule has 16 heavy (non-hydrogen) atoms. The van der Waals surface area contributed by atoms with Gasteiger partial charge in [-0.2, -0.15) is 0 Å². The van der Waals surface area contributed by atoms with Crippen LogP contribution in [0.1, 0.15) is 60.8 Å². The molecule has 0 aromatic heterocycles. The first kappa shape index (κ1) is 24.4. The highest BCUT2D eigenvalue weighted by Gasteiger charge is 1.58. The summed E-state index contributed by atoms with van der Waals surface area (Å²) in [4.78, 5) is 0. The Morgan fingerprint density at radius 1 is 0.500 bits per heavy atom. The Morgan fingerprint density at radius 2 is 0.625 bits per heavy atom. The number of unbranched alkanes of at least 4 members (excludes halogenated alkanes) is 2. The molecular weight excluding hydrogens is 196 g/mol. The number of hydrogen-bond acceptors (Lipinski definition) is 0. The Bertz CT molecular complexity index is 114.